The molecule has 0 radical (unpaired) electrons. The van der Waals surface area contributed by atoms with E-state index in [4.69, 9.17) is 10.2 Å². The molecule has 0 rings (SSSR count). The number of rotatable bonds is 3. The minimum Gasteiger partial charge on any atom is -0.394 e. The van der Waals surface area contributed by atoms with Gasteiger partial charge in [-0.15, -0.1) is 0 Å². The van der Waals surface area contributed by atoms with Crippen LogP contribution in [0.4, 0.5) is 0 Å². The van der Waals surface area contributed by atoms with E-state index in [2.05, 4.69) is 0 Å². The molecule has 0 aliphatic rings. The highest BCUT2D eigenvalue weighted by Gasteiger charge is 2.22. The molecule has 0 fully saturated rings. The van der Waals surface area contributed by atoms with E-state index in [1.165, 1.54) is 0 Å². The Morgan fingerprint density at radius 3 is 1.82 bits per heavy atom. The number of aliphatic hydroxyl groups is 3. The maximum absolute atomic E-state index is 9.24. The van der Waals surface area contributed by atoms with Crippen LogP contribution in [-0.2, 0) is 0 Å². The fourth-order valence-electron chi connectivity index (χ4n) is 0.885. The molecule has 3 heteroatoms. The molecule has 0 spiro atoms. The zero-order chi connectivity index (χ0) is 9.07. The minimum absolute atomic E-state index is 0.0183. The van der Waals surface area contributed by atoms with Crippen LogP contribution < -0.4 is 0 Å². The van der Waals surface area contributed by atoms with E-state index in [-0.39, 0.29) is 12.0 Å². The van der Waals surface area contributed by atoms with Gasteiger partial charge in [0.15, 0.2) is 0 Å². The van der Waals surface area contributed by atoms with Crippen molar-refractivity contribution in [2.75, 3.05) is 6.61 Å². The fraction of sp³-hybridized carbons (Fsp3) is 1.00. The van der Waals surface area contributed by atoms with Gasteiger partial charge >= 0.3 is 0 Å². The molecule has 2 atom stereocenters. The smallest absolute Gasteiger partial charge is 0.103 e. The number of aliphatic hydroxyl groups excluding tert-OH is 3. The lowest BCUT2D eigenvalue weighted by molar-refractivity contribution is -0.0312. The van der Waals surface area contributed by atoms with Gasteiger partial charge in [-0.05, 0) is 11.8 Å². The van der Waals surface area contributed by atoms with Gasteiger partial charge < -0.3 is 15.3 Å². The van der Waals surface area contributed by atoms with Crippen LogP contribution in [0, 0.1) is 5.41 Å². The number of hydrogen-bond donors (Lipinski definition) is 3. The molecule has 0 aromatic heterocycles. The highest BCUT2D eigenvalue weighted by molar-refractivity contribution is 4.73. The molecule has 0 bridgehead atoms. The molecule has 2 unspecified atom stereocenters. The van der Waals surface area contributed by atoms with Crippen molar-refractivity contribution in [3.8, 4) is 0 Å². The first-order valence-electron chi connectivity index (χ1n) is 3.84. The van der Waals surface area contributed by atoms with Crippen molar-refractivity contribution in [1.29, 1.82) is 0 Å². The van der Waals surface area contributed by atoms with Crippen molar-refractivity contribution in [2.24, 2.45) is 5.41 Å². The van der Waals surface area contributed by atoms with Crippen LogP contribution in [0.5, 0.6) is 0 Å². The molecule has 0 aliphatic heterocycles. The Balaban J connectivity index is 3.77. The largest absolute Gasteiger partial charge is 0.394 e. The van der Waals surface area contributed by atoms with Gasteiger partial charge in [0.25, 0.3) is 0 Å². The van der Waals surface area contributed by atoms with Gasteiger partial charge in [0, 0.05) is 0 Å². The molecule has 0 saturated heterocycles. The summed E-state index contributed by atoms with van der Waals surface area (Å²) in [7, 11) is 0. The lowest BCUT2D eigenvalue weighted by atomic mass is 9.88. The maximum Gasteiger partial charge on any atom is 0.103 e. The van der Waals surface area contributed by atoms with E-state index < -0.39 is 12.2 Å². The maximum atomic E-state index is 9.24. The lowest BCUT2D eigenvalue weighted by Crippen LogP contribution is -2.32. The van der Waals surface area contributed by atoms with Crippen LogP contribution in [0.2, 0.25) is 0 Å². The van der Waals surface area contributed by atoms with Gasteiger partial charge in [0.05, 0.1) is 12.7 Å². The van der Waals surface area contributed by atoms with E-state index in [9.17, 15) is 5.11 Å². The Bertz CT molecular complexity index is 106. The first kappa shape index (κ1) is 10.9. The molecule has 0 aromatic rings. The minimum atomic E-state index is -1.01. The summed E-state index contributed by atoms with van der Waals surface area (Å²) in [5.74, 6) is 0. The van der Waals surface area contributed by atoms with Crippen LogP contribution >= 0.6 is 0 Å². The topological polar surface area (TPSA) is 60.7 Å². The summed E-state index contributed by atoms with van der Waals surface area (Å²) in [6.07, 6.45) is -1.33. The fourth-order valence-corrected chi connectivity index (χ4v) is 0.885. The summed E-state index contributed by atoms with van der Waals surface area (Å²) >= 11 is 0. The lowest BCUT2D eigenvalue weighted by Gasteiger charge is -2.24. The quantitative estimate of drug-likeness (QED) is 0.553. The van der Waals surface area contributed by atoms with E-state index in [1.807, 2.05) is 20.8 Å². The van der Waals surface area contributed by atoms with Crippen LogP contribution in [0.15, 0.2) is 0 Å². The third kappa shape index (κ3) is 5.18. The second-order valence-corrected chi connectivity index (χ2v) is 4.08. The normalized spacial score (nSPS) is 18.0. The van der Waals surface area contributed by atoms with Gasteiger partial charge in [-0.2, -0.15) is 0 Å². The molecule has 0 saturated carbocycles. The van der Waals surface area contributed by atoms with Crippen molar-refractivity contribution in [2.45, 2.75) is 39.4 Å². The van der Waals surface area contributed by atoms with Crippen molar-refractivity contribution in [1.82, 2.24) is 0 Å². The van der Waals surface area contributed by atoms with E-state index in [1.54, 1.807) is 0 Å². The van der Waals surface area contributed by atoms with Gasteiger partial charge in [0.2, 0.25) is 0 Å². The summed E-state index contributed by atoms with van der Waals surface area (Å²) in [5, 5.41) is 26.7. The van der Waals surface area contributed by atoms with Crippen LogP contribution in [-0.4, -0.2) is 34.1 Å². The van der Waals surface area contributed by atoms with Gasteiger partial charge in [0.1, 0.15) is 6.10 Å². The van der Waals surface area contributed by atoms with Crippen molar-refractivity contribution in [3.05, 3.63) is 0 Å². The zero-order valence-corrected chi connectivity index (χ0v) is 7.41. The molecule has 68 valence electrons. The second kappa shape index (κ2) is 4.04. The van der Waals surface area contributed by atoms with Crippen LogP contribution in [0.25, 0.3) is 0 Å². The molecule has 3 N–H and O–H groups in total. The Kier molecular flexibility index (Phi) is 4.00. The average molecular weight is 162 g/mol. The summed E-state index contributed by atoms with van der Waals surface area (Å²) in [4.78, 5) is 0. The highest BCUT2D eigenvalue weighted by Crippen LogP contribution is 2.21. The predicted octanol–water partition coefficient (Wildman–Crippen LogP) is 0.137. The summed E-state index contributed by atoms with van der Waals surface area (Å²) in [6.45, 7) is 5.54. The SMILES string of the molecule is CC(C)(C)CC(O)C(O)CO. The third-order valence-electron chi connectivity index (χ3n) is 1.45. The highest BCUT2D eigenvalue weighted by atomic mass is 16.4. The zero-order valence-electron chi connectivity index (χ0n) is 7.41. The standard InChI is InChI=1S/C8H18O3/c1-8(2,3)4-6(10)7(11)5-9/h6-7,9-11H,4-5H2,1-3H3. The first-order valence-corrected chi connectivity index (χ1v) is 3.84. The monoisotopic (exact) mass is 162 g/mol. The molecular formula is C8H18O3. The Morgan fingerprint density at radius 1 is 1.09 bits per heavy atom. The first-order chi connectivity index (χ1) is 4.87. The number of hydrogen-bond acceptors (Lipinski definition) is 3. The van der Waals surface area contributed by atoms with Crippen LogP contribution in [0.3, 0.4) is 0 Å². The predicted molar refractivity (Wildman–Crippen MR) is 43.2 cm³/mol. The second-order valence-electron chi connectivity index (χ2n) is 4.08. The third-order valence-corrected chi connectivity index (χ3v) is 1.45. The summed E-state index contributed by atoms with van der Waals surface area (Å²) in [6, 6.07) is 0. The summed E-state index contributed by atoms with van der Waals surface area (Å²) < 4.78 is 0. The van der Waals surface area contributed by atoms with Crippen molar-refractivity contribution < 1.29 is 15.3 Å². The molecule has 0 amide bonds. The molecule has 0 heterocycles. The Labute approximate surface area is 67.7 Å². The molecular weight excluding hydrogens is 144 g/mol. The van der Waals surface area contributed by atoms with Gasteiger partial charge in [-0.1, -0.05) is 20.8 Å². The summed E-state index contributed by atoms with van der Waals surface area (Å²) in [5.41, 5.74) is -0.0183. The van der Waals surface area contributed by atoms with E-state index >= 15 is 0 Å². The molecule has 11 heavy (non-hydrogen) atoms. The van der Waals surface area contributed by atoms with Crippen LogP contribution in [0.1, 0.15) is 27.2 Å². The van der Waals surface area contributed by atoms with E-state index in [0.717, 1.165) is 0 Å². The Hall–Kier alpha value is -0.120. The van der Waals surface area contributed by atoms with Crippen molar-refractivity contribution >= 4 is 0 Å². The molecule has 3 nitrogen and oxygen atoms in total. The molecule has 0 aromatic carbocycles. The van der Waals surface area contributed by atoms with Gasteiger partial charge in [-0.3, -0.25) is 0 Å². The molecule has 0 aliphatic carbocycles. The van der Waals surface area contributed by atoms with E-state index in [0.29, 0.717) is 6.42 Å². The average Bonchev–Trinajstić information content (AvgIpc) is 1.82. The van der Waals surface area contributed by atoms with Crippen molar-refractivity contribution in [3.63, 3.8) is 0 Å². The Morgan fingerprint density at radius 2 is 1.55 bits per heavy atom. The van der Waals surface area contributed by atoms with Gasteiger partial charge in [-0.25, -0.2) is 0 Å².